The number of imidazole rings is 1. The first kappa shape index (κ1) is 20.2. The number of rotatable bonds is 6. The van der Waals surface area contributed by atoms with Crippen LogP contribution >= 0.6 is 11.6 Å². The van der Waals surface area contributed by atoms with Crippen molar-refractivity contribution in [2.75, 3.05) is 24.3 Å². The second-order valence-corrected chi connectivity index (χ2v) is 8.05. The van der Waals surface area contributed by atoms with Crippen molar-refractivity contribution in [3.05, 3.63) is 39.9 Å². The average molecular weight is 405 g/mol. The predicted molar refractivity (Wildman–Crippen MR) is 113 cm³/mol. The van der Waals surface area contributed by atoms with E-state index in [1.807, 2.05) is 32.3 Å². The first-order chi connectivity index (χ1) is 13.1. The average Bonchev–Trinajstić information content (AvgIpc) is 2.84. The number of aryl methyl sites for hydroxylation is 2. The number of halogens is 1. The molecule has 9 heteroatoms. The van der Waals surface area contributed by atoms with Gasteiger partial charge in [0.2, 0.25) is 5.95 Å². The van der Waals surface area contributed by atoms with Crippen LogP contribution < -0.4 is 15.9 Å². The Balaban J connectivity index is 2.00. The lowest BCUT2D eigenvalue weighted by molar-refractivity contribution is 0.0662. The summed E-state index contributed by atoms with van der Waals surface area (Å²) in [7, 11) is 5.44. The van der Waals surface area contributed by atoms with Crippen molar-refractivity contribution in [3.63, 3.8) is 0 Å². The minimum atomic E-state index is -0.853. The molecule has 2 heterocycles. The van der Waals surface area contributed by atoms with Gasteiger partial charge in [-0.25, -0.2) is 9.78 Å². The Bertz CT molecular complexity index is 1060. The number of hydrogen-bond donors (Lipinski definition) is 2. The molecule has 0 aliphatic heterocycles. The number of anilines is 3. The summed E-state index contributed by atoms with van der Waals surface area (Å²) >= 11 is 6.24. The maximum absolute atomic E-state index is 12.6. The molecule has 3 aromatic rings. The van der Waals surface area contributed by atoms with Crippen LogP contribution in [0.3, 0.4) is 0 Å². The van der Waals surface area contributed by atoms with E-state index < -0.39 is 5.60 Å². The van der Waals surface area contributed by atoms with Gasteiger partial charge in [-0.3, -0.25) is 9.13 Å². The molecule has 2 N–H and O–H groups in total. The highest BCUT2D eigenvalue weighted by Crippen LogP contribution is 2.26. The Morgan fingerprint density at radius 3 is 2.64 bits per heavy atom. The Morgan fingerprint density at radius 2 is 2.00 bits per heavy atom. The Labute approximate surface area is 168 Å². The first-order valence-electron chi connectivity index (χ1n) is 8.95. The molecule has 1 aromatic carbocycles. The number of hydrogen-bond acceptors (Lipinski definition) is 6. The fourth-order valence-electron chi connectivity index (χ4n) is 2.89. The maximum atomic E-state index is 12.6. The van der Waals surface area contributed by atoms with Gasteiger partial charge in [-0.2, -0.15) is 4.98 Å². The first-order valence-corrected chi connectivity index (χ1v) is 9.33. The summed E-state index contributed by atoms with van der Waals surface area (Å²) in [4.78, 5) is 23.0. The third-order valence-electron chi connectivity index (χ3n) is 4.49. The van der Waals surface area contributed by atoms with Crippen LogP contribution in [0, 0.1) is 0 Å². The minimum absolute atomic E-state index is 0.119. The number of nitrogens with one attached hydrogen (secondary N) is 1. The molecule has 2 aromatic heterocycles. The van der Waals surface area contributed by atoms with Crippen LogP contribution in [-0.2, 0) is 13.6 Å². The van der Waals surface area contributed by atoms with Crippen molar-refractivity contribution in [3.8, 4) is 0 Å². The third-order valence-corrected chi connectivity index (χ3v) is 4.76. The van der Waals surface area contributed by atoms with Gasteiger partial charge in [-0.05, 0) is 38.5 Å². The lowest BCUT2D eigenvalue weighted by Gasteiger charge is -2.17. The Hall–Kier alpha value is -2.58. The quantitative estimate of drug-likeness (QED) is 0.656. The molecule has 0 fully saturated rings. The van der Waals surface area contributed by atoms with Gasteiger partial charge in [0.05, 0.1) is 22.8 Å². The van der Waals surface area contributed by atoms with Crippen molar-refractivity contribution in [2.45, 2.75) is 32.4 Å². The van der Waals surface area contributed by atoms with Crippen LogP contribution in [0.15, 0.2) is 29.2 Å². The zero-order chi connectivity index (χ0) is 20.6. The van der Waals surface area contributed by atoms with Crippen molar-refractivity contribution in [1.82, 2.24) is 19.1 Å². The standard InChI is InChI=1S/C19H25ClN6O2/c1-19(2,28)8-9-26-15-10-12(6-7-14(15)25(5)18(26)27)22-16-13(20)11-21-17(23-16)24(3)4/h6-7,10-11,28H,8-9H2,1-5H3,(H,21,22,23). The molecule has 0 saturated carbocycles. The lowest BCUT2D eigenvalue weighted by atomic mass is 10.1. The van der Waals surface area contributed by atoms with Crippen LogP contribution in [-0.4, -0.2) is 43.9 Å². The molecular weight excluding hydrogens is 380 g/mol. The normalized spacial score (nSPS) is 11.8. The molecule has 3 rings (SSSR count). The van der Waals surface area contributed by atoms with Crippen LogP contribution in [0.2, 0.25) is 5.02 Å². The van der Waals surface area contributed by atoms with E-state index in [9.17, 15) is 9.90 Å². The molecule has 0 saturated heterocycles. The molecule has 0 amide bonds. The molecule has 0 unspecified atom stereocenters. The van der Waals surface area contributed by atoms with Gasteiger partial charge in [0, 0.05) is 33.4 Å². The SMILES string of the molecule is CN(C)c1ncc(Cl)c(Nc2ccc3c(c2)n(CCC(C)(C)O)c(=O)n3C)n1. The van der Waals surface area contributed by atoms with E-state index in [1.54, 1.807) is 41.1 Å². The van der Waals surface area contributed by atoms with E-state index >= 15 is 0 Å². The zero-order valence-electron chi connectivity index (χ0n) is 16.7. The molecule has 0 spiro atoms. The molecule has 8 nitrogen and oxygen atoms in total. The second-order valence-electron chi connectivity index (χ2n) is 7.65. The summed E-state index contributed by atoms with van der Waals surface area (Å²) in [6, 6.07) is 5.63. The second kappa shape index (κ2) is 7.44. The van der Waals surface area contributed by atoms with Crippen LogP contribution in [0.4, 0.5) is 17.5 Å². The predicted octanol–water partition coefficient (Wildman–Crippen LogP) is 2.75. The maximum Gasteiger partial charge on any atom is 0.328 e. The van der Waals surface area contributed by atoms with Crippen molar-refractivity contribution in [1.29, 1.82) is 0 Å². The summed E-state index contributed by atoms with van der Waals surface area (Å²) in [6.07, 6.45) is 2.01. The highest BCUT2D eigenvalue weighted by atomic mass is 35.5. The Morgan fingerprint density at radius 1 is 1.29 bits per heavy atom. The van der Waals surface area contributed by atoms with E-state index in [1.165, 1.54) is 0 Å². The lowest BCUT2D eigenvalue weighted by Crippen LogP contribution is -2.27. The molecule has 0 radical (unpaired) electrons. The smallest absolute Gasteiger partial charge is 0.328 e. The van der Waals surface area contributed by atoms with E-state index in [2.05, 4.69) is 15.3 Å². The minimum Gasteiger partial charge on any atom is -0.390 e. The molecule has 150 valence electrons. The van der Waals surface area contributed by atoms with Crippen molar-refractivity contribution < 1.29 is 5.11 Å². The molecule has 0 bridgehead atoms. The highest BCUT2D eigenvalue weighted by molar-refractivity contribution is 6.32. The third kappa shape index (κ3) is 4.13. The van der Waals surface area contributed by atoms with E-state index in [0.29, 0.717) is 29.8 Å². The number of benzene rings is 1. The van der Waals surface area contributed by atoms with Crippen molar-refractivity contribution in [2.24, 2.45) is 7.05 Å². The Kier molecular flexibility index (Phi) is 5.36. The van der Waals surface area contributed by atoms with Gasteiger partial charge >= 0.3 is 5.69 Å². The molecule has 0 atom stereocenters. The number of aliphatic hydroxyl groups is 1. The highest BCUT2D eigenvalue weighted by Gasteiger charge is 2.17. The number of nitrogens with zero attached hydrogens (tertiary/aromatic N) is 5. The summed E-state index contributed by atoms with van der Waals surface area (Å²) in [6.45, 7) is 3.88. The van der Waals surface area contributed by atoms with Crippen LogP contribution in [0.5, 0.6) is 0 Å². The van der Waals surface area contributed by atoms with Crippen molar-refractivity contribution >= 4 is 40.1 Å². The van der Waals surface area contributed by atoms with Gasteiger partial charge < -0.3 is 15.3 Å². The van der Waals surface area contributed by atoms with Gasteiger partial charge in [-0.1, -0.05) is 11.6 Å². The largest absolute Gasteiger partial charge is 0.390 e. The van der Waals surface area contributed by atoms with E-state index in [-0.39, 0.29) is 5.69 Å². The monoisotopic (exact) mass is 404 g/mol. The van der Waals surface area contributed by atoms with E-state index in [0.717, 1.165) is 16.7 Å². The summed E-state index contributed by atoms with van der Waals surface area (Å²) in [5.74, 6) is 1.02. The molecule has 0 aliphatic rings. The summed E-state index contributed by atoms with van der Waals surface area (Å²) < 4.78 is 3.27. The number of aromatic nitrogens is 4. The summed E-state index contributed by atoms with van der Waals surface area (Å²) in [5, 5.41) is 13.6. The zero-order valence-corrected chi connectivity index (χ0v) is 17.4. The van der Waals surface area contributed by atoms with Gasteiger partial charge in [-0.15, -0.1) is 0 Å². The molecular formula is C19H25ClN6O2. The summed E-state index contributed by atoms with van der Waals surface area (Å²) in [5.41, 5.74) is 1.37. The van der Waals surface area contributed by atoms with Crippen LogP contribution in [0.25, 0.3) is 11.0 Å². The molecule has 0 aliphatic carbocycles. The van der Waals surface area contributed by atoms with Gasteiger partial charge in [0.15, 0.2) is 5.82 Å². The van der Waals surface area contributed by atoms with E-state index in [4.69, 9.17) is 11.6 Å². The fraction of sp³-hybridized carbons (Fsp3) is 0.421. The van der Waals surface area contributed by atoms with Crippen LogP contribution in [0.1, 0.15) is 20.3 Å². The number of fused-ring (bicyclic) bond motifs is 1. The topological polar surface area (TPSA) is 88.2 Å². The van der Waals surface area contributed by atoms with Gasteiger partial charge in [0.1, 0.15) is 5.02 Å². The van der Waals surface area contributed by atoms with Gasteiger partial charge in [0.25, 0.3) is 0 Å². The fourth-order valence-corrected chi connectivity index (χ4v) is 3.03. The molecule has 28 heavy (non-hydrogen) atoms.